The summed E-state index contributed by atoms with van der Waals surface area (Å²) in [6, 6.07) is 0. The molecular formula is C17H25NO6. The second-order valence-electron chi connectivity index (χ2n) is 7.70. The Morgan fingerprint density at radius 2 is 2.08 bits per heavy atom. The number of hydrogen-bond donors (Lipinski definition) is 0. The van der Waals surface area contributed by atoms with Crippen molar-refractivity contribution in [3.05, 3.63) is 0 Å². The van der Waals surface area contributed by atoms with Crippen LogP contribution in [-0.2, 0) is 28.8 Å². The SMILES string of the molecule is C[C@@H]1CCC2[C@@H](C)C(=NCOC=O)O[C@@H]3O[C@]4(C)CCC1C23OO4. The fourth-order valence-corrected chi connectivity index (χ4v) is 5.09. The van der Waals surface area contributed by atoms with Gasteiger partial charge in [-0.05, 0) is 32.1 Å². The summed E-state index contributed by atoms with van der Waals surface area (Å²) in [6.07, 6.45) is 3.40. The molecule has 4 heterocycles. The lowest BCUT2D eigenvalue weighted by Crippen LogP contribution is -2.69. The van der Waals surface area contributed by atoms with Crippen LogP contribution in [0.15, 0.2) is 4.99 Å². The predicted molar refractivity (Wildman–Crippen MR) is 82.5 cm³/mol. The van der Waals surface area contributed by atoms with Crippen molar-refractivity contribution in [2.75, 3.05) is 6.73 Å². The average Bonchev–Trinajstić information content (AvgIpc) is 2.78. The Kier molecular flexibility index (Phi) is 3.85. The van der Waals surface area contributed by atoms with Gasteiger partial charge in [0.05, 0.1) is 0 Å². The van der Waals surface area contributed by atoms with E-state index in [1.54, 1.807) is 0 Å². The molecule has 4 saturated heterocycles. The molecule has 24 heavy (non-hydrogen) atoms. The highest BCUT2D eigenvalue weighted by Crippen LogP contribution is 2.59. The van der Waals surface area contributed by atoms with E-state index in [2.05, 4.69) is 18.8 Å². The molecule has 0 aromatic carbocycles. The topological polar surface area (TPSA) is 75.6 Å². The molecule has 7 heteroatoms. The second-order valence-corrected chi connectivity index (χ2v) is 7.70. The Balaban J connectivity index is 1.72. The van der Waals surface area contributed by atoms with Gasteiger partial charge >= 0.3 is 0 Å². The van der Waals surface area contributed by atoms with Gasteiger partial charge in [-0.2, -0.15) is 0 Å². The largest absolute Gasteiger partial charge is 0.448 e. The maximum Gasteiger partial charge on any atom is 0.294 e. The number of carbonyl (C=O) groups excluding carboxylic acids is 1. The van der Waals surface area contributed by atoms with E-state index in [4.69, 9.17) is 24.0 Å². The van der Waals surface area contributed by atoms with Crippen LogP contribution >= 0.6 is 0 Å². The lowest BCUT2D eigenvalue weighted by molar-refractivity contribution is -0.557. The zero-order chi connectivity index (χ0) is 16.9. The maximum absolute atomic E-state index is 10.4. The van der Waals surface area contributed by atoms with Crippen molar-refractivity contribution in [1.29, 1.82) is 0 Å². The molecule has 5 rings (SSSR count). The first-order valence-corrected chi connectivity index (χ1v) is 8.81. The molecular weight excluding hydrogens is 314 g/mol. The molecule has 0 aromatic heterocycles. The number of carbonyl (C=O) groups is 1. The molecule has 134 valence electrons. The van der Waals surface area contributed by atoms with E-state index in [1.165, 1.54) is 0 Å². The van der Waals surface area contributed by atoms with E-state index in [0.29, 0.717) is 24.2 Å². The smallest absolute Gasteiger partial charge is 0.294 e. The van der Waals surface area contributed by atoms with Crippen molar-refractivity contribution < 1.29 is 28.8 Å². The van der Waals surface area contributed by atoms with Gasteiger partial charge in [-0.3, -0.25) is 4.79 Å². The fraction of sp³-hybridized carbons (Fsp3) is 0.882. The zero-order valence-corrected chi connectivity index (χ0v) is 14.4. The molecule has 2 bridgehead atoms. The van der Waals surface area contributed by atoms with E-state index >= 15 is 0 Å². The van der Waals surface area contributed by atoms with Gasteiger partial charge in [0.2, 0.25) is 12.1 Å². The van der Waals surface area contributed by atoms with Crippen molar-refractivity contribution in [2.24, 2.45) is 28.7 Å². The summed E-state index contributed by atoms with van der Waals surface area (Å²) in [4.78, 5) is 26.5. The highest BCUT2D eigenvalue weighted by molar-refractivity contribution is 5.80. The fourth-order valence-electron chi connectivity index (χ4n) is 5.09. The van der Waals surface area contributed by atoms with Gasteiger partial charge in [0.1, 0.15) is 0 Å². The van der Waals surface area contributed by atoms with Gasteiger partial charge in [-0.15, -0.1) is 0 Å². The molecule has 4 aliphatic heterocycles. The third kappa shape index (κ3) is 2.21. The standard InChI is InChI=1S/C17H25NO6/c1-10-4-5-13-11(2)14(18-8-20-9-19)21-15-17(13)12(10)6-7-16(3,22-15)23-24-17/h9-13,15H,4-8H2,1-3H3/t10-,11-,12?,13?,15-,16+,17?/m1/s1. The first-order valence-electron chi connectivity index (χ1n) is 8.81. The molecule has 1 saturated carbocycles. The quantitative estimate of drug-likeness (QED) is 0.446. The van der Waals surface area contributed by atoms with E-state index < -0.39 is 17.7 Å². The lowest BCUT2D eigenvalue weighted by atomic mass is 9.58. The van der Waals surface area contributed by atoms with E-state index in [1.807, 2.05) is 6.92 Å². The molecule has 1 aliphatic carbocycles. The van der Waals surface area contributed by atoms with Crippen molar-refractivity contribution in [3.8, 4) is 0 Å². The molecule has 3 unspecified atom stereocenters. The summed E-state index contributed by atoms with van der Waals surface area (Å²) in [6.45, 7) is 6.61. The minimum Gasteiger partial charge on any atom is -0.448 e. The molecule has 7 nitrogen and oxygen atoms in total. The minimum atomic E-state index is -0.789. The normalized spacial score (nSPS) is 51.5. The summed E-state index contributed by atoms with van der Waals surface area (Å²) in [5.41, 5.74) is -0.586. The maximum atomic E-state index is 10.4. The third-order valence-corrected chi connectivity index (χ3v) is 6.36. The molecule has 0 radical (unpaired) electrons. The van der Waals surface area contributed by atoms with Gasteiger partial charge in [-0.1, -0.05) is 13.8 Å². The van der Waals surface area contributed by atoms with Crippen LogP contribution in [0.4, 0.5) is 0 Å². The van der Waals surface area contributed by atoms with Gasteiger partial charge in [0.25, 0.3) is 6.47 Å². The van der Waals surface area contributed by atoms with Crippen LogP contribution in [0, 0.1) is 23.7 Å². The summed E-state index contributed by atoms with van der Waals surface area (Å²) < 4.78 is 17.0. The molecule has 1 spiro atoms. The number of rotatable bonds is 3. The van der Waals surface area contributed by atoms with Gasteiger partial charge in [-0.25, -0.2) is 14.8 Å². The second kappa shape index (κ2) is 5.68. The molecule has 5 fully saturated rings. The van der Waals surface area contributed by atoms with Crippen LogP contribution in [0.5, 0.6) is 0 Å². The molecule has 0 amide bonds. The molecule has 0 N–H and O–H groups in total. The van der Waals surface area contributed by atoms with Crippen LogP contribution in [0.2, 0.25) is 0 Å². The van der Waals surface area contributed by atoms with Crippen LogP contribution in [-0.4, -0.2) is 36.8 Å². The van der Waals surface area contributed by atoms with Crippen molar-refractivity contribution in [1.82, 2.24) is 0 Å². The monoisotopic (exact) mass is 339 g/mol. The number of hydrogen-bond acceptors (Lipinski definition) is 7. The molecule has 5 aliphatic rings. The summed E-state index contributed by atoms with van der Waals surface area (Å²) in [7, 11) is 0. The lowest BCUT2D eigenvalue weighted by Gasteiger charge is -2.58. The summed E-state index contributed by atoms with van der Waals surface area (Å²) in [5, 5.41) is 0. The highest BCUT2D eigenvalue weighted by Gasteiger charge is 2.69. The minimum absolute atomic E-state index is 0.0376. The van der Waals surface area contributed by atoms with E-state index in [-0.39, 0.29) is 18.6 Å². The summed E-state index contributed by atoms with van der Waals surface area (Å²) in [5.74, 6) is 0.911. The number of aliphatic imine (C=N–C) groups is 1. The Morgan fingerprint density at radius 1 is 1.25 bits per heavy atom. The Labute approximate surface area is 141 Å². The van der Waals surface area contributed by atoms with Crippen LogP contribution < -0.4 is 0 Å². The van der Waals surface area contributed by atoms with Crippen LogP contribution in [0.25, 0.3) is 0 Å². The van der Waals surface area contributed by atoms with Crippen LogP contribution in [0.1, 0.15) is 46.5 Å². The highest BCUT2D eigenvalue weighted by atomic mass is 17.3. The Morgan fingerprint density at radius 3 is 2.88 bits per heavy atom. The van der Waals surface area contributed by atoms with Gasteiger partial charge < -0.3 is 14.2 Å². The van der Waals surface area contributed by atoms with Gasteiger partial charge in [0.15, 0.2) is 18.2 Å². The van der Waals surface area contributed by atoms with Crippen LogP contribution in [0.3, 0.4) is 0 Å². The number of nitrogens with zero attached hydrogens (tertiary/aromatic N) is 1. The number of ether oxygens (including phenoxy) is 3. The zero-order valence-electron chi connectivity index (χ0n) is 14.4. The molecule has 0 aromatic rings. The predicted octanol–water partition coefficient (Wildman–Crippen LogP) is 2.40. The Hall–Kier alpha value is -1.18. The third-order valence-electron chi connectivity index (χ3n) is 6.36. The first kappa shape index (κ1) is 16.3. The van der Waals surface area contributed by atoms with Crippen molar-refractivity contribution in [3.63, 3.8) is 0 Å². The summed E-state index contributed by atoms with van der Waals surface area (Å²) >= 11 is 0. The first-order chi connectivity index (χ1) is 11.5. The Bertz CT molecular complexity index is 553. The number of fused-ring (bicyclic) bond motifs is 2. The van der Waals surface area contributed by atoms with Crippen molar-refractivity contribution in [2.45, 2.75) is 64.1 Å². The van der Waals surface area contributed by atoms with Crippen molar-refractivity contribution >= 4 is 12.4 Å². The van der Waals surface area contributed by atoms with E-state index in [0.717, 1.165) is 25.7 Å². The van der Waals surface area contributed by atoms with E-state index in [9.17, 15) is 4.79 Å². The van der Waals surface area contributed by atoms with Gasteiger partial charge in [0, 0.05) is 24.2 Å². The molecule has 7 atom stereocenters. The average molecular weight is 339 g/mol.